The van der Waals surface area contributed by atoms with Crippen LogP contribution in [-0.2, 0) is 19.3 Å². The normalized spacial score (nSPS) is 23.6. The molecule has 1 aliphatic carbocycles. The Balaban J connectivity index is 1.99. The third-order valence-electron chi connectivity index (χ3n) is 3.64. The van der Waals surface area contributed by atoms with Crippen LogP contribution in [0.15, 0.2) is 0 Å². The lowest BCUT2D eigenvalue weighted by molar-refractivity contribution is -0.126. The van der Waals surface area contributed by atoms with Gasteiger partial charge in [-0.25, -0.2) is 0 Å². The highest BCUT2D eigenvalue weighted by atomic mass is 32.1. The van der Waals surface area contributed by atoms with Gasteiger partial charge in [-0.05, 0) is 42.9 Å². The summed E-state index contributed by atoms with van der Waals surface area (Å²) in [6.07, 6.45) is -2.06. The summed E-state index contributed by atoms with van der Waals surface area (Å²) in [5, 5.41) is 3.37. The van der Waals surface area contributed by atoms with Crippen molar-refractivity contribution >= 4 is 11.3 Å². The van der Waals surface area contributed by atoms with Crippen LogP contribution < -0.4 is 5.32 Å². The Morgan fingerprint density at radius 1 is 1.29 bits per heavy atom. The summed E-state index contributed by atoms with van der Waals surface area (Å²) in [6.45, 7) is 1.83. The van der Waals surface area contributed by atoms with E-state index in [1.165, 1.54) is 21.8 Å². The van der Waals surface area contributed by atoms with Crippen LogP contribution in [0, 0.1) is 0 Å². The summed E-state index contributed by atoms with van der Waals surface area (Å²) in [4.78, 5) is 1.78. The summed E-state index contributed by atoms with van der Waals surface area (Å²) in [7, 11) is 0. The SMILES string of the molecule is FC(F)(F)Cc1sc2c3c1CC[C@@H]3CNCC2. The lowest BCUT2D eigenvalue weighted by atomic mass is 10.0. The Morgan fingerprint density at radius 2 is 2.12 bits per heavy atom. The van der Waals surface area contributed by atoms with E-state index in [0.29, 0.717) is 10.8 Å². The highest BCUT2D eigenvalue weighted by Crippen LogP contribution is 2.44. The molecule has 17 heavy (non-hydrogen) atoms. The van der Waals surface area contributed by atoms with E-state index in [4.69, 9.17) is 0 Å². The van der Waals surface area contributed by atoms with Crippen LogP contribution in [0.1, 0.15) is 33.2 Å². The fourth-order valence-corrected chi connectivity index (χ4v) is 4.46. The molecule has 1 aromatic rings. The smallest absolute Gasteiger partial charge is 0.316 e. The molecule has 0 radical (unpaired) electrons. The highest BCUT2D eigenvalue weighted by Gasteiger charge is 2.36. The van der Waals surface area contributed by atoms with E-state index in [1.54, 1.807) is 0 Å². The van der Waals surface area contributed by atoms with Crippen molar-refractivity contribution < 1.29 is 13.2 Å². The van der Waals surface area contributed by atoms with Crippen LogP contribution in [0.4, 0.5) is 13.2 Å². The predicted molar refractivity (Wildman–Crippen MR) is 61.7 cm³/mol. The van der Waals surface area contributed by atoms with Crippen molar-refractivity contribution in [2.24, 2.45) is 0 Å². The molecular weight excluding hydrogens is 247 g/mol. The van der Waals surface area contributed by atoms with Crippen molar-refractivity contribution in [1.82, 2.24) is 5.32 Å². The van der Waals surface area contributed by atoms with Crippen molar-refractivity contribution in [1.29, 1.82) is 0 Å². The number of alkyl halides is 3. The molecule has 1 atom stereocenters. The van der Waals surface area contributed by atoms with Crippen LogP contribution in [-0.4, -0.2) is 19.3 Å². The molecule has 5 heteroatoms. The monoisotopic (exact) mass is 261 g/mol. The van der Waals surface area contributed by atoms with E-state index in [-0.39, 0.29) is 0 Å². The Bertz CT molecular complexity index is 436. The molecule has 0 unspecified atom stereocenters. The second-order valence-electron chi connectivity index (χ2n) is 4.82. The number of nitrogens with one attached hydrogen (secondary N) is 1. The van der Waals surface area contributed by atoms with Crippen LogP contribution >= 0.6 is 11.3 Å². The summed E-state index contributed by atoms with van der Waals surface area (Å²) >= 11 is 1.40. The molecule has 0 saturated carbocycles. The maximum absolute atomic E-state index is 12.5. The zero-order chi connectivity index (χ0) is 12.0. The average Bonchev–Trinajstić information content (AvgIpc) is 2.69. The molecule has 0 saturated heterocycles. The van der Waals surface area contributed by atoms with Gasteiger partial charge in [0, 0.05) is 16.3 Å². The van der Waals surface area contributed by atoms with Crippen molar-refractivity contribution in [3.8, 4) is 0 Å². The Hall–Kier alpha value is -0.550. The van der Waals surface area contributed by atoms with Gasteiger partial charge >= 0.3 is 6.18 Å². The number of hydrogen-bond donors (Lipinski definition) is 1. The van der Waals surface area contributed by atoms with Gasteiger partial charge in [0.05, 0.1) is 6.42 Å². The summed E-state index contributed by atoms with van der Waals surface area (Å²) in [5.41, 5.74) is 2.29. The van der Waals surface area contributed by atoms with E-state index in [9.17, 15) is 13.2 Å². The number of halogens is 3. The number of rotatable bonds is 1. The van der Waals surface area contributed by atoms with E-state index >= 15 is 0 Å². The van der Waals surface area contributed by atoms with Crippen molar-refractivity contribution in [3.05, 3.63) is 20.9 Å². The van der Waals surface area contributed by atoms with Gasteiger partial charge in [-0.3, -0.25) is 0 Å². The molecule has 1 N–H and O–H groups in total. The third kappa shape index (κ3) is 2.10. The first-order chi connectivity index (χ1) is 8.04. The molecule has 1 aliphatic heterocycles. The topological polar surface area (TPSA) is 12.0 Å². The summed E-state index contributed by atoms with van der Waals surface area (Å²) in [5.74, 6) is 0.459. The molecule has 2 heterocycles. The average molecular weight is 261 g/mol. The maximum Gasteiger partial charge on any atom is 0.393 e. The van der Waals surface area contributed by atoms with Crippen molar-refractivity contribution in [3.63, 3.8) is 0 Å². The quantitative estimate of drug-likeness (QED) is 0.819. The molecule has 94 valence electrons. The van der Waals surface area contributed by atoms with Crippen LogP contribution in [0.5, 0.6) is 0 Å². The standard InChI is InChI=1S/C12H14F3NS/c13-12(14,15)5-10-8-2-1-7-6-16-4-3-9(17-10)11(7)8/h7,16H,1-6H2/t7-/m1/s1. The Morgan fingerprint density at radius 3 is 2.88 bits per heavy atom. The molecule has 0 fully saturated rings. The first kappa shape index (κ1) is 11.5. The first-order valence-electron chi connectivity index (χ1n) is 5.95. The maximum atomic E-state index is 12.5. The highest BCUT2D eigenvalue weighted by molar-refractivity contribution is 7.12. The third-order valence-corrected chi connectivity index (χ3v) is 4.95. The molecule has 0 amide bonds. The minimum Gasteiger partial charge on any atom is -0.316 e. The number of hydrogen-bond acceptors (Lipinski definition) is 2. The van der Waals surface area contributed by atoms with Gasteiger partial charge in [-0.2, -0.15) is 13.2 Å². The van der Waals surface area contributed by atoms with Gasteiger partial charge in [0.1, 0.15) is 0 Å². The van der Waals surface area contributed by atoms with E-state index in [0.717, 1.165) is 37.9 Å². The molecular formula is C12H14F3NS. The molecule has 1 aromatic heterocycles. The summed E-state index contributed by atoms with van der Waals surface area (Å²) in [6, 6.07) is 0. The minimum absolute atomic E-state index is 0.459. The Labute approximate surface area is 102 Å². The predicted octanol–water partition coefficient (Wildman–Crippen LogP) is 3.03. The van der Waals surface area contributed by atoms with E-state index < -0.39 is 12.6 Å². The molecule has 0 aromatic carbocycles. The van der Waals surface area contributed by atoms with Gasteiger partial charge in [0.2, 0.25) is 0 Å². The molecule has 3 rings (SSSR count). The lowest BCUT2D eigenvalue weighted by Crippen LogP contribution is -2.19. The van der Waals surface area contributed by atoms with Gasteiger partial charge < -0.3 is 5.32 Å². The molecule has 0 bridgehead atoms. The van der Waals surface area contributed by atoms with E-state index in [2.05, 4.69) is 5.32 Å². The molecule has 0 spiro atoms. The Kier molecular flexibility index (Phi) is 2.70. The zero-order valence-electron chi connectivity index (χ0n) is 9.36. The van der Waals surface area contributed by atoms with Crippen molar-refractivity contribution in [2.45, 2.75) is 37.8 Å². The molecule has 1 nitrogen and oxygen atoms in total. The lowest BCUT2D eigenvalue weighted by Gasteiger charge is -2.07. The second-order valence-corrected chi connectivity index (χ2v) is 6.01. The zero-order valence-corrected chi connectivity index (χ0v) is 10.2. The second kappa shape index (κ2) is 3.99. The van der Waals surface area contributed by atoms with Crippen LogP contribution in [0.2, 0.25) is 0 Å². The number of thiophene rings is 1. The van der Waals surface area contributed by atoms with Gasteiger partial charge in [0.15, 0.2) is 0 Å². The van der Waals surface area contributed by atoms with Crippen LogP contribution in [0.3, 0.4) is 0 Å². The fourth-order valence-electron chi connectivity index (χ4n) is 2.99. The minimum atomic E-state index is -4.07. The van der Waals surface area contributed by atoms with Gasteiger partial charge in [-0.15, -0.1) is 11.3 Å². The molecule has 2 aliphatic rings. The van der Waals surface area contributed by atoms with Crippen molar-refractivity contribution in [2.75, 3.05) is 13.1 Å². The van der Waals surface area contributed by atoms with Gasteiger partial charge in [0.25, 0.3) is 0 Å². The van der Waals surface area contributed by atoms with Gasteiger partial charge in [-0.1, -0.05) is 0 Å². The fraction of sp³-hybridized carbons (Fsp3) is 0.667. The largest absolute Gasteiger partial charge is 0.393 e. The summed E-state index contributed by atoms with van der Waals surface area (Å²) < 4.78 is 37.5. The van der Waals surface area contributed by atoms with Crippen LogP contribution in [0.25, 0.3) is 0 Å². The first-order valence-corrected chi connectivity index (χ1v) is 6.77. The van der Waals surface area contributed by atoms with E-state index in [1.807, 2.05) is 0 Å².